The van der Waals surface area contributed by atoms with Crippen LogP contribution in [0.4, 0.5) is 0 Å². The normalized spacial score (nSPS) is 12.8. The van der Waals surface area contributed by atoms with Gasteiger partial charge in [0.1, 0.15) is 0 Å². The molecule has 0 radical (unpaired) electrons. The molecule has 0 aliphatic heterocycles. The Balaban J connectivity index is 1.88. The van der Waals surface area contributed by atoms with Crippen LogP contribution in [0, 0.1) is 6.92 Å². The smallest absolute Gasteiger partial charge is 0.0814 e. The van der Waals surface area contributed by atoms with Crippen LogP contribution < -0.4 is 5.73 Å². The van der Waals surface area contributed by atoms with E-state index in [-0.39, 0.29) is 6.04 Å². The highest BCUT2D eigenvalue weighted by Crippen LogP contribution is 2.21. The number of fused-ring (bicyclic) bond motifs is 1. The molecule has 1 unspecified atom stereocenters. The van der Waals surface area contributed by atoms with Crippen LogP contribution in [0.1, 0.15) is 17.3 Å². The first-order valence-electron chi connectivity index (χ1n) is 6.57. The van der Waals surface area contributed by atoms with Crippen molar-refractivity contribution in [3.05, 3.63) is 64.9 Å². The molecular weight excluding hydrogens is 270 g/mol. The van der Waals surface area contributed by atoms with Gasteiger partial charge in [-0.2, -0.15) is 5.10 Å². The van der Waals surface area contributed by atoms with Gasteiger partial charge in [-0.1, -0.05) is 48.0 Å². The maximum Gasteiger partial charge on any atom is 0.0814 e. The van der Waals surface area contributed by atoms with E-state index in [1.807, 2.05) is 23.7 Å². The summed E-state index contributed by atoms with van der Waals surface area (Å²) in [5.74, 6) is 0. The zero-order chi connectivity index (χ0) is 14.1. The van der Waals surface area contributed by atoms with Crippen molar-refractivity contribution in [3.8, 4) is 0 Å². The van der Waals surface area contributed by atoms with Crippen LogP contribution in [0.25, 0.3) is 10.8 Å². The van der Waals surface area contributed by atoms with Crippen molar-refractivity contribution in [1.29, 1.82) is 0 Å². The Morgan fingerprint density at radius 2 is 1.95 bits per heavy atom. The van der Waals surface area contributed by atoms with Crippen molar-refractivity contribution < 1.29 is 0 Å². The Morgan fingerprint density at radius 3 is 2.65 bits per heavy atom. The van der Waals surface area contributed by atoms with Gasteiger partial charge in [0.05, 0.1) is 23.5 Å². The molecule has 2 aromatic carbocycles. The van der Waals surface area contributed by atoms with Gasteiger partial charge < -0.3 is 5.73 Å². The minimum atomic E-state index is -0.103. The number of nitrogens with two attached hydrogens (primary N) is 1. The van der Waals surface area contributed by atoms with Gasteiger partial charge in [-0.15, -0.1) is 0 Å². The summed E-state index contributed by atoms with van der Waals surface area (Å²) in [4.78, 5) is 0. The Bertz CT molecular complexity index is 748. The molecule has 0 saturated heterocycles. The lowest BCUT2D eigenvalue weighted by Crippen LogP contribution is -2.19. The third-order valence-electron chi connectivity index (χ3n) is 3.61. The molecule has 0 aliphatic carbocycles. The Morgan fingerprint density at radius 1 is 1.20 bits per heavy atom. The Kier molecular flexibility index (Phi) is 3.47. The molecular formula is C16H16ClN3. The highest BCUT2D eigenvalue weighted by Gasteiger charge is 2.11. The summed E-state index contributed by atoms with van der Waals surface area (Å²) >= 11 is 6.01. The van der Waals surface area contributed by atoms with Crippen molar-refractivity contribution in [2.75, 3.05) is 0 Å². The Labute approximate surface area is 123 Å². The van der Waals surface area contributed by atoms with Gasteiger partial charge in [0.25, 0.3) is 0 Å². The van der Waals surface area contributed by atoms with Gasteiger partial charge in [-0.25, -0.2) is 0 Å². The summed E-state index contributed by atoms with van der Waals surface area (Å²) in [5, 5.41) is 7.35. The first-order chi connectivity index (χ1) is 9.65. The summed E-state index contributed by atoms with van der Waals surface area (Å²) in [7, 11) is 0. The molecule has 3 rings (SSSR count). The number of rotatable bonds is 3. The van der Waals surface area contributed by atoms with Crippen LogP contribution >= 0.6 is 11.6 Å². The molecule has 0 amide bonds. The Hall–Kier alpha value is -1.84. The van der Waals surface area contributed by atoms with E-state index in [4.69, 9.17) is 17.3 Å². The number of benzene rings is 2. The van der Waals surface area contributed by atoms with E-state index in [0.29, 0.717) is 11.6 Å². The second-order valence-electron chi connectivity index (χ2n) is 4.97. The minimum absolute atomic E-state index is 0.103. The fraction of sp³-hybridized carbons (Fsp3) is 0.188. The van der Waals surface area contributed by atoms with Crippen molar-refractivity contribution in [3.63, 3.8) is 0 Å². The van der Waals surface area contributed by atoms with Crippen LogP contribution in [-0.4, -0.2) is 9.78 Å². The topological polar surface area (TPSA) is 43.8 Å². The molecule has 1 heterocycles. The molecule has 1 aromatic heterocycles. The van der Waals surface area contributed by atoms with Gasteiger partial charge in [0, 0.05) is 6.04 Å². The van der Waals surface area contributed by atoms with Crippen LogP contribution in [0.2, 0.25) is 5.02 Å². The molecule has 20 heavy (non-hydrogen) atoms. The van der Waals surface area contributed by atoms with Gasteiger partial charge in [-0.05, 0) is 29.3 Å². The maximum atomic E-state index is 6.29. The molecule has 0 fully saturated rings. The van der Waals surface area contributed by atoms with E-state index in [9.17, 15) is 0 Å². The number of hydrogen-bond donors (Lipinski definition) is 1. The summed E-state index contributed by atoms with van der Waals surface area (Å²) in [6.07, 6.45) is 1.66. The molecule has 0 aliphatic rings. The first kappa shape index (κ1) is 13.2. The van der Waals surface area contributed by atoms with Crippen molar-refractivity contribution in [2.24, 2.45) is 5.73 Å². The minimum Gasteiger partial charge on any atom is -0.322 e. The molecule has 3 nitrogen and oxygen atoms in total. The lowest BCUT2D eigenvalue weighted by Gasteiger charge is -2.14. The van der Waals surface area contributed by atoms with Crippen LogP contribution in [0.15, 0.2) is 48.7 Å². The average molecular weight is 286 g/mol. The highest BCUT2D eigenvalue weighted by molar-refractivity contribution is 6.31. The summed E-state index contributed by atoms with van der Waals surface area (Å²) in [6.45, 7) is 2.57. The van der Waals surface area contributed by atoms with Crippen LogP contribution in [0.5, 0.6) is 0 Å². The first-order valence-corrected chi connectivity index (χ1v) is 6.95. The van der Waals surface area contributed by atoms with Gasteiger partial charge >= 0.3 is 0 Å². The fourth-order valence-corrected chi connectivity index (χ4v) is 2.48. The molecule has 102 valence electrons. The van der Waals surface area contributed by atoms with Gasteiger partial charge in [0.15, 0.2) is 0 Å². The van der Waals surface area contributed by atoms with E-state index >= 15 is 0 Å². The standard InChI is InChI=1S/C16H16ClN3/c1-11-15(17)9-19-20(11)10-16(18)14-7-6-12-4-2-3-5-13(12)8-14/h2-9,16H,10,18H2,1H3. The van der Waals surface area contributed by atoms with E-state index in [0.717, 1.165) is 11.3 Å². The van der Waals surface area contributed by atoms with E-state index in [2.05, 4.69) is 35.4 Å². The summed E-state index contributed by atoms with van der Waals surface area (Å²) < 4.78 is 1.85. The molecule has 0 bridgehead atoms. The fourth-order valence-electron chi connectivity index (χ4n) is 2.34. The average Bonchev–Trinajstić information content (AvgIpc) is 2.78. The summed E-state index contributed by atoms with van der Waals surface area (Å²) in [5.41, 5.74) is 8.35. The van der Waals surface area contributed by atoms with E-state index < -0.39 is 0 Å². The number of aromatic nitrogens is 2. The van der Waals surface area contributed by atoms with Crippen molar-refractivity contribution >= 4 is 22.4 Å². The SMILES string of the molecule is Cc1c(Cl)cnn1CC(N)c1ccc2ccccc2c1. The lowest BCUT2D eigenvalue weighted by atomic mass is 10.0. The van der Waals surface area contributed by atoms with E-state index in [1.54, 1.807) is 6.20 Å². The van der Waals surface area contributed by atoms with E-state index in [1.165, 1.54) is 10.8 Å². The third-order valence-corrected chi connectivity index (χ3v) is 3.99. The van der Waals surface area contributed by atoms with Crippen LogP contribution in [0.3, 0.4) is 0 Å². The molecule has 1 atom stereocenters. The van der Waals surface area contributed by atoms with Crippen molar-refractivity contribution in [1.82, 2.24) is 9.78 Å². The lowest BCUT2D eigenvalue weighted by molar-refractivity contribution is 0.517. The number of hydrogen-bond acceptors (Lipinski definition) is 2. The monoisotopic (exact) mass is 285 g/mol. The number of halogens is 1. The molecule has 0 spiro atoms. The molecule has 0 saturated carbocycles. The maximum absolute atomic E-state index is 6.29. The predicted molar refractivity (Wildman–Crippen MR) is 82.9 cm³/mol. The zero-order valence-corrected chi connectivity index (χ0v) is 12.0. The third kappa shape index (κ3) is 2.42. The molecule has 3 aromatic rings. The number of nitrogens with zero attached hydrogens (tertiary/aromatic N) is 2. The second kappa shape index (κ2) is 5.27. The second-order valence-corrected chi connectivity index (χ2v) is 5.38. The molecule has 4 heteroatoms. The molecule has 2 N–H and O–H groups in total. The predicted octanol–water partition coefficient (Wildman–Crippen LogP) is 3.70. The zero-order valence-electron chi connectivity index (χ0n) is 11.3. The largest absolute Gasteiger partial charge is 0.322 e. The quantitative estimate of drug-likeness (QED) is 0.797. The van der Waals surface area contributed by atoms with Gasteiger partial charge in [0.2, 0.25) is 0 Å². The highest BCUT2D eigenvalue weighted by atomic mass is 35.5. The summed E-state index contributed by atoms with van der Waals surface area (Å²) in [6, 6.07) is 14.5. The van der Waals surface area contributed by atoms with Gasteiger partial charge in [-0.3, -0.25) is 4.68 Å². The van der Waals surface area contributed by atoms with Crippen molar-refractivity contribution in [2.45, 2.75) is 19.5 Å². The van der Waals surface area contributed by atoms with Crippen LogP contribution in [-0.2, 0) is 6.54 Å².